The van der Waals surface area contributed by atoms with Crippen LogP contribution in [-0.4, -0.2) is 27.2 Å². The van der Waals surface area contributed by atoms with E-state index in [-0.39, 0.29) is 5.25 Å². The van der Waals surface area contributed by atoms with Gasteiger partial charge < -0.3 is 9.73 Å². The van der Waals surface area contributed by atoms with Crippen LogP contribution in [0.2, 0.25) is 0 Å². The number of oxazole rings is 1. The van der Waals surface area contributed by atoms with E-state index < -0.39 is 10.8 Å². The molecule has 1 rings (SSSR count). The molecule has 1 aromatic rings. The van der Waals surface area contributed by atoms with Gasteiger partial charge in [-0.15, -0.1) is 0 Å². The van der Waals surface area contributed by atoms with Crippen molar-refractivity contribution in [3.63, 3.8) is 0 Å². The van der Waals surface area contributed by atoms with Gasteiger partial charge in [-0.25, -0.2) is 4.98 Å². The number of aryl methyl sites for hydroxylation is 2. The molecule has 0 radical (unpaired) electrons. The van der Waals surface area contributed by atoms with Gasteiger partial charge in [-0.2, -0.15) is 0 Å². The van der Waals surface area contributed by atoms with Gasteiger partial charge in [0.2, 0.25) is 5.89 Å². The van der Waals surface area contributed by atoms with Gasteiger partial charge in [0.1, 0.15) is 5.76 Å². The Balaban J connectivity index is 2.23. The monoisotopic (exact) mass is 244 g/mol. The summed E-state index contributed by atoms with van der Waals surface area (Å²) < 4.78 is 16.5. The van der Waals surface area contributed by atoms with E-state index in [1.807, 2.05) is 20.8 Å². The molecule has 1 heterocycles. The van der Waals surface area contributed by atoms with Crippen LogP contribution in [0.3, 0.4) is 0 Å². The molecule has 0 aliphatic rings. The largest absolute Gasteiger partial charge is 0.444 e. The van der Waals surface area contributed by atoms with Crippen LogP contribution < -0.4 is 5.32 Å². The Morgan fingerprint density at radius 3 is 2.69 bits per heavy atom. The Bertz CT molecular complexity index is 343. The molecule has 0 spiro atoms. The maximum Gasteiger partial charge on any atom is 0.208 e. The van der Waals surface area contributed by atoms with Gasteiger partial charge >= 0.3 is 0 Å². The van der Waals surface area contributed by atoms with Crippen LogP contribution >= 0.6 is 0 Å². The number of hydrogen-bond donors (Lipinski definition) is 1. The number of rotatable bonds is 6. The van der Waals surface area contributed by atoms with E-state index in [1.54, 1.807) is 6.26 Å². The van der Waals surface area contributed by atoms with Crippen LogP contribution in [0.25, 0.3) is 0 Å². The zero-order chi connectivity index (χ0) is 12.1. The molecule has 0 fully saturated rings. The molecule has 0 saturated heterocycles. The van der Waals surface area contributed by atoms with Gasteiger partial charge in [0.25, 0.3) is 0 Å². The highest BCUT2D eigenvalue weighted by Gasteiger charge is 2.07. The molecular weight excluding hydrogens is 224 g/mol. The molecule has 0 aromatic carbocycles. The minimum Gasteiger partial charge on any atom is -0.444 e. The molecular formula is C11H20N2O2S. The third-order valence-corrected chi connectivity index (χ3v) is 4.01. The Labute approximate surface area is 99.3 Å². The summed E-state index contributed by atoms with van der Waals surface area (Å²) in [6.07, 6.45) is 2.65. The lowest BCUT2D eigenvalue weighted by molar-refractivity contribution is 0.447. The van der Waals surface area contributed by atoms with Crippen molar-refractivity contribution in [2.24, 2.45) is 0 Å². The number of aromatic nitrogens is 1. The highest BCUT2D eigenvalue weighted by Crippen LogP contribution is 2.07. The number of nitrogens with zero attached hydrogens (tertiary/aromatic N) is 1. The van der Waals surface area contributed by atoms with Crippen molar-refractivity contribution in [1.29, 1.82) is 0 Å². The topological polar surface area (TPSA) is 55.1 Å². The Morgan fingerprint density at radius 2 is 2.19 bits per heavy atom. The Morgan fingerprint density at radius 1 is 1.50 bits per heavy atom. The molecule has 0 amide bonds. The Kier molecular flexibility index (Phi) is 5.15. The van der Waals surface area contributed by atoms with Gasteiger partial charge in [0, 0.05) is 22.3 Å². The maximum absolute atomic E-state index is 11.1. The summed E-state index contributed by atoms with van der Waals surface area (Å²) in [6.45, 7) is 7.31. The predicted molar refractivity (Wildman–Crippen MR) is 65.8 cm³/mol. The van der Waals surface area contributed by atoms with E-state index in [0.29, 0.717) is 6.54 Å². The molecule has 4 nitrogen and oxygen atoms in total. The molecule has 92 valence electrons. The highest BCUT2D eigenvalue weighted by atomic mass is 32.2. The Hall–Kier alpha value is -0.680. The van der Waals surface area contributed by atoms with E-state index in [2.05, 4.69) is 10.3 Å². The summed E-state index contributed by atoms with van der Waals surface area (Å²) in [5.74, 6) is 1.60. The number of hydrogen-bond acceptors (Lipinski definition) is 4. The van der Waals surface area contributed by atoms with Crippen LogP contribution in [0.5, 0.6) is 0 Å². The highest BCUT2D eigenvalue weighted by molar-refractivity contribution is 7.84. The fourth-order valence-electron chi connectivity index (χ4n) is 1.28. The first-order valence-electron chi connectivity index (χ1n) is 5.46. The van der Waals surface area contributed by atoms with Crippen molar-refractivity contribution in [2.45, 2.75) is 39.0 Å². The van der Waals surface area contributed by atoms with Crippen molar-refractivity contribution >= 4 is 10.8 Å². The van der Waals surface area contributed by atoms with E-state index in [4.69, 9.17) is 4.42 Å². The van der Waals surface area contributed by atoms with Gasteiger partial charge in [0.05, 0.1) is 12.2 Å². The summed E-state index contributed by atoms with van der Waals surface area (Å²) in [7, 11) is -0.737. The second kappa shape index (κ2) is 6.15. The summed E-state index contributed by atoms with van der Waals surface area (Å²) in [5, 5.41) is 3.47. The molecule has 0 aliphatic carbocycles. The van der Waals surface area contributed by atoms with E-state index >= 15 is 0 Å². The summed E-state index contributed by atoms with van der Waals surface area (Å²) >= 11 is 0. The lowest BCUT2D eigenvalue weighted by atomic mass is 10.3. The second-order valence-electron chi connectivity index (χ2n) is 4.02. The van der Waals surface area contributed by atoms with Crippen molar-refractivity contribution in [1.82, 2.24) is 10.3 Å². The van der Waals surface area contributed by atoms with Crippen LogP contribution in [0.1, 0.15) is 30.7 Å². The lowest BCUT2D eigenvalue weighted by Gasteiger charge is -2.07. The molecule has 16 heavy (non-hydrogen) atoms. The van der Waals surface area contributed by atoms with Crippen LogP contribution in [0.4, 0.5) is 0 Å². The molecule has 2 unspecified atom stereocenters. The standard InChI is InChI=1S/C11H20N2O2S/c1-8(16(4)14)5-6-12-7-11-13-9(2)10(3)15-11/h8,12H,5-7H2,1-4H3. The van der Waals surface area contributed by atoms with Crippen molar-refractivity contribution in [3.8, 4) is 0 Å². The van der Waals surface area contributed by atoms with Gasteiger partial charge in [-0.05, 0) is 26.8 Å². The van der Waals surface area contributed by atoms with E-state index in [1.165, 1.54) is 0 Å². The predicted octanol–water partition coefficient (Wildman–Crippen LogP) is 1.54. The van der Waals surface area contributed by atoms with Crippen LogP contribution in [0.15, 0.2) is 4.42 Å². The molecule has 1 N–H and O–H groups in total. The third kappa shape index (κ3) is 4.06. The molecule has 0 saturated carbocycles. The average Bonchev–Trinajstić information content (AvgIpc) is 2.53. The first kappa shape index (κ1) is 13.4. The lowest BCUT2D eigenvalue weighted by Crippen LogP contribution is -2.21. The van der Waals surface area contributed by atoms with Gasteiger partial charge in [0.15, 0.2) is 0 Å². The third-order valence-electron chi connectivity index (χ3n) is 2.64. The molecule has 1 aromatic heterocycles. The van der Waals surface area contributed by atoms with Gasteiger partial charge in [-0.1, -0.05) is 6.92 Å². The minimum atomic E-state index is -0.737. The summed E-state index contributed by atoms with van der Waals surface area (Å²) in [5.41, 5.74) is 0.944. The zero-order valence-electron chi connectivity index (χ0n) is 10.4. The fraction of sp³-hybridized carbons (Fsp3) is 0.727. The first-order valence-corrected chi connectivity index (χ1v) is 7.08. The molecule has 5 heteroatoms. The van der Waals surface area contributed by atoms with Crippen molar-refractivity contribution in [3.05, 3.63) is 17.3 Å². The normalized spacial score (nSPS) is 15.0. The molecule has 0 bridgehead atoms. The zero-order valence-corrected chi connectivity index (χ0v) is 11.2. The van der Waals surface area contributed by atoms with Crippen LogP contribution in [0, 0.1) is 13.8 Å². The molecule has 0 aliphatic heterocycles. The first-order chi connectivity index (χ1) is 7.50. The quantitative estimate of drug-likeness (QED) is 0.771. The number of nitrogens with one attached hydrogen (secondary N) is 1. The average molecular weight is 244 g/mol. The fourth-order valence-corrected chi connectivity index (χ4v) is 1.73. The SMILES string of the molecule is Cc1nc(CNCCC(C)S(C)=O)oc1C. The smallest absolute Gasteiger partial charge is 0.208 e. The van der Waals surface area contributed by atoms with E-state index in [0.717, 1.165) is 30.3 Å². The second-order valence-corrected chi connectivity index (χ2v) is 5.83. The molecule has 2 atom stereocenters. The van der Waals surface area contributed by atoms with Crippen molar-refractivity contribution < 1.29 is 8.63 Å². The maximum atomic E-state index is 11.1. The van der Waals surface area contributed by atoms with Gasteiger partial charge in [-0.3, -0.25) is 4.21 Å². The van der Waals surface area contributed by atoms with Crippen molar-refractivity contribution in [2.75, 3.05) is 12.8 Å². The summed E-state index contributed by atoms with van der Waals surface area (Å²) in [6, 6.07) is 0. The minimum absolute atomic E-state index is 0.237. The summed E-state index contributed by atoms with van der Waals surface area (Å²) in [4.78, 5) is 4.27. The van der Waals surface area contributed by atoms with E-state index in [9.17, 15) is 4.21 Å². The van der Waals surface area contributed by atoms with Crippen LogP contribution in [-0.2, 0) is 17.3 Å².